The van der Waals surface area contributed by atoms with Crippen LogP contribution in [0.3, 0.4) is 0 Å². The SMILES string of the molecule is COC1CCC(NC(=O)c2cc(Br)cc(C(=O)O)c2)C1. The van der Waals surface area contributed by atoms with Gasteiger partial charge in [0, 0.05) is 23.2 Å². The van der Waals surface area contributed by atoms with Gasteiger partial charge in [0.1, 0.15) is 0 Å². The van der Waals surface area contributed by atoms with Crippen molar-refractivity contribution in [3.05, 3.63) is 33.8 Å². The van der Waals surface area contributed by atoms with E-state index in [0.717, 1.165) is 19.3 Å². The Morgan fingerprint density at radius 1 is 1.30 bits per heavy atom. The molecule has 0 saturated heterocycles. The van der Waals surface area contributed by atoms with Crippen molar-refractivity contribution >= 4 is 27.8 Å². The maximum absolute atomic E-state index is 12.2. The monoisotopic (exact) mass is 341 g/mol. The Balaban J connectivity index is 2.08. The van der Waals surface area contributed by atoms with Crippen molar-refractivity contribution in [2.75, 3.05) is 7.11 Å². The molecule has 2 unspecified atom stereocenters. The van der Waals surface area contributed by atoms with E-state index in [1.54, 1.807) is 13.2 Å². The molecular formula is C14H16BrNO4. The van der Waals surface area contributed by atoms with E-state index in [4.69, 9.17) is 9.84 Å². The van der Waals surface area contributed by atoms with Crippen LogP contribution in [0.2, 0.25) is 0 Å². The van der Waals surface area contributed by atoms with E-state index in [-0.39, 0.29) is 23.6 Å². The number of aromatic carboxylic acids is 1. The molecule has 108 valence electrons. The van der Waals surface area contributed by atoms with Gasteiger partial charge in [0.25, 0.3) is 5.91 Å². The first-order chi connectivity index (χ1) is 9.49. The van der Waals surface area contributed by atoms with Gasteiger partial charge in [-0.2, -0.15) is 0 Å². The fourth-order valence-corrected chi connectivity index (χ4v) is 2.89. The number of benzene rings is 1. The van der Waals surface area contributed by atoms with Crippen LogP contribution < -0.4 is 5.32 Å². The highest BCUT2D eigenvalue weighted by atomic mass is 79.9. The molecule has 1 amide bonds. The van der Waals surface area contributed by atoms with Crippen molar-refractivity contribution in [3.63, 3.8) is 0 Å². The van der Waals surface area contributed by atoms with Crippen LogP contribution >= 0.6 is 15.9 Å². The van der Waals surface area contributed by atoms with Gasteiger partial charge in [-0.3, -0.25) is 4.79 Å². The standard InChI is InChI=1S/C14H16BrNO4/c1-20-12-3-2-11(7-12)16-13(17)8-4-9(14(18)19)6-10(15)5-8/h4-6,11-12H,2-3,7H2,1H3,(H,16,17)(H,18,19). The zero-order chi connectivity index (χ0) is 14.7. The van der Waals surface area contributed by atoms with E-state index in [2.05, 4.69) is 21.2 Å². The van der Waals surface area contributed by atoms with E-state index >= 15 is 0 Å². The van der Waals surface area contributed by atoms with Crippen molar-refractivity contribution in [3.8, 4) is 0 Å². The molecule has 1 saturated carbocycles. The lowest BCUT2D eigenvalue weighted by Crippen LogP contribution is -2.33. The predicted octanol–water partition coefficient (Wildman–Crippen LogP) is 2.44. The van der Waals surface area contributed by atoms with Gasteiger partial charge in [-0.25, -0.2) is 4.79 Å². The normalized spacial score (nSPS) is 21.7. The molecule has 5 nitrogen and oxygen atoms in total. The largest absolute Gasteiger partial charge is 0.478 e. The van der Waals surface area contributed by atoms with Gasteiger partial charge < -0.3 is 15.2 Å². The fourth-order valence-electron chi connectivity index (χ4n) is 2.40. The molecule has 0 heterocycles. The zero-order valence-corrected chi connectivity index (χ0v) is 12.6. The summed E-state index contributed by atoms with van der Waals surface area (Å²) in [5.74, 6) is -1.31. The summed E-state index contributed by atoms with van der Waals surface area (Å²) in [5, 5.41) is 11.9. The number of rotatable bonds is 4. The first kappa shape index (κ1) is 15.0. The number of nitrogens with one attached hydrogen (secondary N) is 1. The van der Waals surface area contributed by atoms with Gasteiger partial charge in [0.15, 0.2) is 0 Å². The minimum absolute atomic E-state index is 0.0831. The molecule has 0 aromatic heterocycles. The summed E-state index contributed by atoms with van der Waals surface area (Å²) in [6.45, 7) is 0. The zero-order valence-electron chi connectivity index (χ0n) is 11.1. The number of ether oxygens (including phenoxy) is 1. The second-order valence-electron chi connectivity index (χ2n) is 4.87. The lowest BCUT2D eigenvalue weighted by atomic mass is 10.1. The fraction of sp³-hybridized carbons (Fsp3) is 0.429. The highest BCUT2D eigenvalue weighted by Crippen LogP contribution is 2.22. The average molecular weight is 342 g/mol. The van der Waals surface area contributed by atoms with Crippen LogP contribution in [0.15, 0.2) is 22.7 Å². The minimum atomic E-state index is -1.05. The molecule has 2 rings (SSSR count). The van der Waals surface area contributed by atoms with Crippen LogP contribution in [-0.4, -0.2) is 36.2 Å². The molecule has 1 fully saturated rings. The Bertz CT molecular complexity index is 532. The lowest BCUT2D eigenvalue weighted by molar-refractivity contribution is 0.0696. The summed E-state index contributed by atoms with van der Waals surface area (Å²) in [6.07, 6.45) is 2.80. The molecule has 1 aromatic rings. The number of carboxylic acid groups (broad SMARTS) is 1. The van der Waals surface area contributed by atoms with E-state index < -0.39 is 5.97 Å². The van der Waals surface area contributed by atoms with Crippen LogP contribution in [-0.2, 0) is 4.74 Å². The third-order valence-electron chi connectivity index (χ3n) is 3.46. The number of hydrogen-bond donors (Lipinski definition) is 2. The number of amides is 1. The number of carboxylic acids is 1. The maximum atomic E-state index is 12.2. The molecule has 1 aliphatic carbocycles. The minimum Gasteiger partial charge on any atom is -0.478 e. The van der Waals surface area contributed by atoms with Crippen molar-refractivity contribution in [1.29, 1.82) is 0 Å². The molecule has 2 atom stereocenters. The Labute approximate surface area is 125 Å². The van der Waals surface area contributed by atoms with Crippen LogP contribution in [0, 0.1) is 0 Å². The number of carbonyl (C=O) groups is 2. The number of methoxy groups -OCH3 is 1. The highest BCUT2D eigenvalue weighted by Gasteiger charge is 2.26. The van der Waals surface area contributed by atoms with Gasteiger partial charge in [0.05, 0.1) is 11.7 Å². The molecule has 6 heteroatoms. The van der Waals surface area contributed by atoms with Crippen LogP contribution in [0.4, 0.5) is 0 Å². The predicted molar refractivity (Wildman–Crippen MR) is 77.0 cm³/mol. The number of carbonyl (C=O) groups excluding carboxylic acids is 1. The Morgan fingerprint density at radius 3 is 2.60 bits per heavy atom. The second-order valence-corrected chi connectivity index (χ2v) is 5.79. The molecule has 2 N–H and O–H groups in total. The third-order valence-corrected chi connectivity index (χ3v) is 3.92. The van der Waals surface area contributed by atoms with Crippen LogP contribution in [0.5, 0.6) is 0 Å². The van der Waals surface area contributed by atoms with Gasteiger partial charge >= 0.3 is 5.97 Å². The quantitative estimate of drug-likeness (QED) is 0.881. The highest BCUT2D eigenvalue weighted by molar-refractivity contribution is 9.10. The maximum Gasteiger partial charge on any atom is 0.335 e. The Kier molecular flexibility index (Phi) is 4.77. The van der Waals surface area contributed by atoms with Gasteiger partial charge in [-0.05, 0) is 37.5 Å². The summed E-state index contributed by atoms with van der Waals surface area (Å²) >= 11 is 3.22. The van der Waals surface area contributed by atoms with Crippen LogP contribution in [0.1, 0.15) is 40.0 Å². The van der Waals surface area contributed by atoms with Crippen LogP contribution in [0.25, 0.3) is 0 Å². The van der Waals surface area contributed by atoms with Crippen molar-refractivity contribution in [1.82, 2.24) is 5.32 Å². The van der Waals surface area contributed by atoms with Crippen molar-refractivity contribution in [2.24, 2.45) is 0 Å². The molecule has 20 heavy (non-hydrogen) atoms. The Morgan fingerprint density at radius 2 is 2.00 bits per heavy atom. The van der Waals surface area contributed by atoms with E-state index in [1.807, 2.05) is 0 Å². The van der Waals surface area contributed by atoms with E-state index in [0.29, 0.717) is 10.0 Å². The molecule has 1 aromatic carbocycles. The average Bonchev–Trinajstić information content (AvgIpc) is 2.85. The summed E-state index contributed by atoms with van der Waals surface area (Å²) in [7, 11) is 1.67. The third kappa shape index (κ3) is 3.58. The van der Waals surface area contributed by atoms with Crippen molar-refractivity contribution in [2.45, 2.75) is 31.4 Å². The topological polar surface area (TPSA) is 75.6 Å². The molecule has 0 aliphatic heterocycles. The second kappa shape index (κ2) is 6.37. The molecular weight excluding hydrogens is 326 g/mol. The smallest absolute Gasteiger partial charge is 0.335 e. The first-order valence-corrected chi connectivity index (χ1v) is 7.16. The molecule has 1 aliphatic rings. The first-order valence-electron chi connectivity index (χ1n) is 6.37. The lowest BCUT2D eigenvalue weighted by Gasteiger charge is -2.13. The van der Waals surface area contributed by atoms with E-state index in [9.17, 15) is 9.59 Å². The molecule has 0 bridgehead atoms. The summed E-state index contributed by atoms with van der Waals surface area (Å²) < 4.78 is 5.83. The van der Waals surface area contributed by atoms with E-state index in [1.165, 1.54) is 12.1 Å². The summed E-state index contributed by atoms with van der Waals surface area (Å²) in [5.41, 5.74) is 0.434. The molecule has 0 spiro atoms. The van der Waals surface area contributed by atoms with Gasteiger partial charge in [-0.15, -0.1) is 0 Å². The Hall–Kier alpha value is -1.40. The van der Waals surface area contributed by atoms with Gasteiger partial charge in [0.2, 0.25) is 0 Å². The summed E-state index contributed by atoms with van der Waals surface area (Å²) in [6, 6.07) is 4.55. The van der Waals surface area contributed by atoms with Gasteiger partial charge in [-0.1, -0.05) is 15.9 Å². The summed E-state index contributed by atoms with van der Waals surface area (Å²) in [4.78, 5) is 23.1. The number of hydrogen-bond acceptors (Lipinski definition) is 3. The number of halogens is 1. The van der Waals surface area contributed by atoms with Crippen molar-refractivity contribution < 1.29 is 19.4 Å². The molecule has 0 radical (unpaired) electrons.